The van der Waals surface area contributed by atoms with Crippen LogP contribution in [0.3, 0.4) is 0 Å². The third kappa shape index (κ3) is 4.99. The molecule has 8 aromatic carbocycles. The third-order valence-electron chi connectivity index (χ3n) is 9.10. The van der Waals surface area contributed by atoms with E-state index in [-0.39, 0.29) is 0 Å². The minimum Gasteiger partial charge on any atom is -0.208 e. The molecule has 48 heavy (non-hydrogen) atoms. The van der Waals surface area contributed by atoms with Gasteiger partial charge in [0.2, 0.25) is 0 Å². The lowest BCUT2D eigenvalue weighted by atomic mass is 9.93. The molecule has 0 aliphatic heterocycles. The molecule has 0 atom stereocenters. The van der Waals surface area contributed by atoms with Crippen molar-refractivity contribution in [2.45, 2.75) is 0 Å². The first kappa shape index (κ1) is 27.8. The molecule has 0 radical (unpaired) electrons. The monoisotopic (exact) mass is 611 g/mol. The van der Waals surface area contributed by atoms with Crippen LogP contribution in [0.4, 0.5) is 0 Å². The molecule has 9 rings (SSSR count). The number of rotatable bonds is 5. The van der Waals surface area contributed by atoms with Gasteiger partial charge in [-0.15, -0.1) is 0 Å². The number of fused-ring (bicyclic) bond motifs is 3. The molecule has 3 heteroatoms. The lowest BCUT2D eigenvalue weighted by molar-refractivity contribution is 1.08. The fraction of sp³-hybridized carbons (Fsp3) is 0. The summed E-state index contributed by atoms with van der Waals surface area (Å²) in [5.74, 6) is 1.94. The Kier molecular flexibility index (Phi) is 6.80. The predicted molar refractivity (Wildman–Crippen MR) is 200 cm³/mol. The van der Waals surface area contributed by atoms with Gasteiger partial charge in [0.1, 0.15) is 0 Å². The summed E-state index contributed by atoms with van der Waals surface area (Å²) >= 11 is 0. The summed E-state index contributed by atoms with van der Waals surface area (Å²) in [5, 5.41) is 6.96. The molecule has 0 N–H and O–H groups in total. The highest BCUT2D eigenvalue weighted by Crippen LogP contribution is 2.38. The quantitative estimate of drug-likeness (QED) is 0.194. The summed E-state index contributed by atoms with van der Waals surface area (Å²) in [6.07, 6.45) is 0. The van der Waals surface area contributed by atoms with Gasteiger partial charge in [-0.1, -0.05) is 152 Å². The lowest BCUT2D eigenvalue weighted by Gasteiger charge is -2.15. The minimum absolute atomic E-state index is 0.646. The molecule has 0 amide bonds. The van der Waals surface area contributed by atoms with Crippen LogP contribution in [-0.2, 0) is 0 Å². The molecule has 224 valence electrons. The molecule has 1 aromatic heterocycles. The van der Waals surface area contributed by atoms with Gasteiger partial charge >= 0.3 is 0 Å². The van der Waals surface area contributed by atoms with Gasteiger partial charge in [0.25, 0.3) is 0 Å². The zero-order chi connectivity index (χ0) is 31.9. The highest BCUT2D eigenvalue weighted by Gasteiger charge is 2.18. The van der Waals surface area contributed by atoms with Crippen molar-refractivity contribution in [3.05, 3.63) is 176 Å². The molecular formula is C45H29N3. The molecular weight excluding hydrogens is 583 g/mol. The Hall–Kier alpha value is -6.45. The van der Waals surface area contributed by atoms with E-state index in [1.54, 1.807) is 0 Å². The smallest absolute Gasteiger partial charge is 0.164 e. The van der Waals surface area contributed by atoms with E-state index >= 15 is 0 Å². The Bertz CT molecular complexity index is 2610. The molecule has 3 nitrogen and oxygen atoms in total. The second kappa shape index (κ2) is 11.7. The second-order valence-electron chi connectivity index (χ2n) is 12.1. The van der Waals surface area contributed by atoms with E-state index in [0.29, 0.717) is 17.5 Å². The number of aromatic nitrogens is 3. The molecule has 0 saturated heterocycles. The number of benzene rings is 8. The normalized spacial score (nSPS) is 11.3. The summed E-state index contributed by atoms with van der Waals surface area (Å²) in [6, 6.07) is 61.7. The first-order valence-corrected chi connectivity index (χ1v) is 16.2. The third-order valence-corrected chi connectivity index (χ3v) is 9.10. The molecule has 0 aliphatic carbocycles. The number of hydrogen-bond acceptors (Lipinski definition) is 3. The van der Waals surface area contributed by atoms with Crippen LogP contribution in [-0.4, -0.2) is 15.0 Å². The Labute approximate surface area is 278 Å². The molecule has 9 aromatic rings. The van der Waals surface area contributed by atoms with Crippen molar-refractivity contribution < 1.29 is 0 Å². The van der Waals surface area contributed by atoms with E-state index in [1.807, 2.05) is 24.3 Å². The van der Waals surface area contributed by atoms with Gasteiger partial charge in [-0.05, 0) is 78.8 Å². The van der Waals surface area contributed by atoms with Gasteiger partial charge < -0.3 is 0 Å². The maximum Gasteiger partial charge on any atom is 0.164 e. The summed E-state index contributed by atoms with van der Waals surface area (Å²) in [5.41, 5.74) is 7.53. The maximum absolute atomic E-state index is 5.26. The van der Waals surface area contributed by atoms with E-state index in [4.69, 9.17) is 15.0 Å². The van der Waals surface area contributed by atoms with Crippen LogP contribution in [0.15, 0.2) is 176 Å². The summed E-state index contributed by atoms with van der Waals surface area (Å²) in [6.45, 7) is 0. The number of nitrogens with zero attached hydrogens (tertiary/aromatic N) is 3. The van der Waals surface area contributed by atoms with Crippen molar-refractivity contribution in [2.75, 3.05) is 0 Å². The minimum atomic E-state index is 0.646. The van der Waals surface area contributed by atoms with Crippen LogP contribution >= 0.6 is 0 Å². The zero-order valence-corrected chi connectivity index (χ0v) is 26.1. The average molecular weight is 612 g/mol. The van der Waals surface area contributed by atoms with Crippen LogP contribution in [0.2, 0.25) is 0 Å². The van der Waals surface area contributed by atoms with E-state index in [0.717, 1.165) is 49.4 Å². The Morgan fingerprint density at radius 2 is 0.771 bits per heavy atom. The van der Waals surface area contributed by atoms with E-state index in [1.165, 1.54) is 21.9 Å². The number of hydrogen-bond donors (Lipinski definition) is 0. The SMILES string of the molecule is c1ccc(-c2cc(-c3nc(-c4ccccc4)nc(-c4ccc(-c5ccc6ccccc6c5)c5ccccc45)n3)c3ccccc3c2)cc1. The summed E-state index contributed by atoms with van der Waals surface area (Å²) in [7, 11) is 0. The molecule has 0 saturated carbocycles. The van der Waals surface area contributed by atoms with Gasteiger partial charge in [0, 0.05) is 16.7 Å². The van der Waals surface area contributed by atoms with Crippen LogP contribution in [0.25, 0.3) is 88.7 Å². The standard InChI is InChI=1S/C45H29N3/c1-3-13-30(14-4-1)36-28-34-19-9-10-20-37(34)42(29-36)45-47-43(32-16-5-2-6-17-32)46-44(48-45)41-26-25-38(39-21-11-12-22-40(39)41)35-24-23-31-15-7-8-18-33(31)27-35/h1-29H. The fourth-order valence-corrected chi connectivity index (χ4v) is 6.73. The van der Waals surface area contributed by atoms with Gasteiger partial charge in [0.15, 0.2) is 17.5 Å². The Morgan fingerprint density at radius 1 is 0.250 bits per heavy atom. The zero-order valence-electron chi connectivity index (χ0n) is 26.1. The van der Waals surface area contributed by atoms with Crippen molar-refractivity contribution in [3.63, 3.8) is 0 Å². The lowest BCUT2D eigenvalue weighted by Crippen LogP contribution is -2.01. The molecule has 0 spiro atoms. The summed E-state index contributed by atoms with van der Waals surface area (Å²) in [4.78, 5) is 15.5. The van der Waals surface area contributed by atoms with Crippen LogP contribution in [0.5, 0.6) is 0 Å². The van der Waals surface area contributed by atoms with Gasteiger partial charge in [-0.2, -0.15) is 0 Å². The molecule has 0 unspecified atom stereocenters. The van der Waals surface area contributed by atoms with Crippen molar-refractivity contribution >= 4 is 32.3 Å². The predicted octanol–water partition coefficient (Wildman–Crippen LogP) is 11.7. The molecule has 0 fully saturated rings. The van der Waals surface area contributed by atoms with Gasteiger partial charge in [-0.25, -0.2) is 15.0 Å². The van der Waals surface area contributed by atoms with Gasteiger partial charge in [-0.3, -0.25) is 0 Å². The maximum atomic E-state index is 5.26. The second-order valence-corrected chi connectivity index (χ2v) is 12.1. The highest BCUT2D eigenvalue weighted by atomic mass is 15.0. The van der Waals surface area contributed by atoms with Crippen molar-refractivity contribution in [1.82, 2.24) is 15.0 Å². The molecule has 0 bridgehead atoms. The molecule has 0 aliphatic rings. The van der Waals surface area contributed by atoms with Crippen molar-refractivity contribution in [3.8, 4) is 56.4 Å². The topological polar surface area (TPSA) is 38.7 Å². The fourth-order valence-electron chi connectivity index (χ4n) is 6.73. The largest absolute Gasteiger partial charge is 0.208 e. The summed E-state index contributed by atoms with van der Waals surface area (Å²) < 4.78 is 0. The van der Waals surface area contributed by atoms with Crippen LogP contribution < -0.4 is 0 Å². The van der Waals surface area contributed by atoms with E-state index in [9.17, 15) is 0 Å². The Morgan fingerprint density at radius 3 is 1.52 bits per heavy atom. The first-order chi connectivity index (χ1) is 23.8. The Balaban J connectivity index is 1.28. The van der Waals surface area contributed by atoms with Crippen molar-refractivity contribution in [1.29, 1.82) is 0 Å². The van der Waals surface area contributed by atoms with Crippen LogP contribution in [0.1, 0.15) is 0 Å². The van der Waals surface area contributed by atoms with Gasteiger partial charge in [0.05, 0.1) is 0 Å². The van der Waals surface area contributed by atoms with E-state index < -0.39 is 0 Å². The average Bonchev–Trinajstić information content (AvgIpc) is 3.17. The van der Waals surface area contributed by atoms with E-state index in [2.05, 4.69) is 152 Å². The van der Waals surface area contributed by atoms with Crippen molar-refractivity contribution in [2.24, 2.45) is 0 Å². The van der Waals surface area contributed by atoms with Crippen LogP contribution in [0, 0.1) is 0 Å². The highest BCUT2D eigenvalue weighted by molar-refractivity contribution is 6.05. The molecule has 1 heterocycles. The first-order valence-electron chi connectivity index (χ1n) is 16.2.